The smallest absolute Gasteiger partial charge is 0.191 e. The molecule has 1 unspecified atom stereocenters. The Morgan fingerprint density at radius 2 is 1.70 bits per heavy atom. The molecular formula is C23H33N3O3S. The first-order valence-corrected chi connectivity index (χ1v) is 12.3. The maximum Gasteiger partial charge on any atom is 0.191 e. The Balaban J connectivity index is 1.89. The highest BCUT2D eigenvalue weighted by molar-refractivity contribution is 7.90. The molecule has 0 aromatic heterocycles. The Bertz CT molecular complexity index is 899. The maximum atomic E-state index is 11.4. The SMILES string of the molecule is CCNC(=NCc1cccc(COCc2ccccc2)c1)NC(C)CCS(C)(=O)=O. The molecular weight excluding hydrogens is 398 g/mol. The third kappa shape index (κ3) is 9.89. The van der Waals surface area contributed by atoms with Crippen LogP contribution in [-0.4, -0.2) is 39.0 Å². The minimum absolute atomic E-state index is 0.00949. The topological polar surface area (TPSA) is 79.8 Å². The second-order valence-electron chi connectivity index (χ2n) is 7.46. The average molecular weight is 432 g/mol. The summed E-state index contributed by atoms with van der Waals surface area (Å²) in [5.74, 6) is 0.843. The predicted molar refractivity (Wildman–Crippen MR) is 123 cm³/mol. The van der Waals surface area contributed by atoms with Crippen LogP contribution in [0.4, 0.5) is 0 Å². The zero-order valence-electron chi connectivity index (χ0n) is 18.1. The molecule has 0 spiro atoms. The summed E-state index contributed by atoms with van der Waals surface area (Å²) in [5.41, 5.74) is 3.36. The van der Waals surface area contributed by atoms with Crippen molar-refractivity contribution in [2.24, 2.45) is 4.99 Å². The number of guanidine groups is 1. The van der Waals surface area contributed by atoms with E-state index in [9.17, 15) is 8.42 Å². The second kappa shape index (κ2) is 12.3. The number of hydrogen-bond donors (Lipinski definition) is 2. The summed E-state index contributed by atoms with van der Waals surface area (Å²) < 4.78 is 28.5. The Kier molecular flexibility index (Phi) is 9.83. The summed E-state index contributed by atoms with van der Waals surface area (Å²) >= 11 is 0. The standard InChI is InChI=1S/C23H33N3O3S/c1-4-24-23(26-19(2)13-14-30(3,27)28)25-16-21-11-8-12-22(15-21)18-29-17-20-9-6-5-7-10-20/h5-12,15,19H,4,13-14,16-18H2,1-3H3,(H2,24,25,26). The minimum Gasteiger partial charge on any atom is -0.372 e. The van der Waals surface area contributed by atoms with E-state index in [2.05, 4.69) is 39.9 Å². The lowest BCUT2D eigenvalue weighted by Gasteiger charge is -2.17. The van der Waals surface area contributed by atoms with E-state index >= 15 is 0 Å². The fourth-order valence-electron chi connectivity index (χ4n) is 2.87. The largest absolute Gasteiger partial charge is 0.372 e. The van der Waals surface area contributed by atoms with Crippen LogP contribution in [0.15, 0.2) is 59.6 Å². The summed E-state index contributed by atoms with van der Waals surface area (Å²) in [6, 6.07) is 18.3. The van der Waals surface area contributed by atoms with Gasteiger partial charge in [-0.3, -0.25) is 0 Å². The molecule has 0 aliphatic heterocycles. The van der Waals surface area contributed by atoms with E-state index in [0.29, 0.717) is 32.1 Å². The Morgan fingerprint density at radius 1 is 1.03 bits per heavy atom. The zero-order chi connectivity index (χ0) is 21.8. The number of nitrogens with one attached hydrogen (secondary N) is 2. The molecule has 2 aromatic rings. The molecule has 164 valence electrons. The molecule has 6 nitrogen and oxygen atoms in total. The number of benzene rings is 2. The highest BCUT2D eigenvalue weighted by Gasteiger charge is 2.09. The molecule has 0 radical (unpaired) electrons. The summed E-state index contributed by atoms with van der Waals surface area (Å²) in [7, 11) is -2.97. The van der Waals surface area contributed by atoms with Crippen molar-refractivity contribution in [2.75, 3.05) is 18.6 Å². The number of rotatable bonds is 11. The third-order valence-corrected chi connectivity index (χ3v) is 5.42. The van der Waals surface area contributed by atoms with Crippen LogP contribution in [-0.2, 0) is 34.3 Å². The van der Waals surface area contributed by atoms with Gasteiger partial charge in [-0.1, -0.05) is 54.6 Å². The van der Waals surface area contributed by atoms with Crippen molar-refractivity contribution in [3.63, 3.8) is 0 Å². The highest BCUT2D eigenvalue weighted by atomic mass is 32.2. The lowest BCUT2D eigenvalue weighted by atomic mass is 10.1. The molecule has 2 N–H and O–H groups in total. The van der Waals surface area contributed by atoms with E-state index in [4.69, 9.17) is 4.74 Å². The fourth-order valence-corrected chi connectivity index (χ4v) is 3.65. The number of hydrogen-bond acceptors (Lipinski definition) is 4. The minimum atomic E-state index is -2.97. The highest BCUT2D eigenvalue weighted by Crippen LogP contribution is 2.10. The van der Waals surface area contributed by atoms with Crippen LogP contribution < -0.4 is 10.6 Å². The second-order valence-corrected chi connectivity index (χ2v) is 9.72. The van der Waals surface area contributed by atoms with Crippen LogP contribution in [0.5, 0.6) is 0 Å². The van der Waals surface area contributed by atoms with Gasteiger partial charge in [0.2, 0.25) is 0 Å². The predicted octanol–water partition coefficient (Wildman–Crippen LogP) is 3.28. The summed E-state index contributed by atoms with van der Waals surface area (Å²) in [6.45, 7) is 6.36. The maximum absolute atomic E-state index is 11.4. The molecule has 2 rings (SSSR count). The molecule has 30 heavy (non-hydrogen) atoms. The summed E-state index contributed by atoms with van der Waals surface area (Å²) in [4.78, 5) is 4.64. The van der Waals surface area contributed by atoms with Crippen molar-refractivity contribution in [1.29, 1.82) is 0 Å². The summed E-state index contributed by atoms with van der Waals surface area (Å²) in [5, 5.41) is 6.49. The molecule has 0 saturated carbocycles. The van der Waals surface area contributed by atoms with Crippen molar-refractivity contribution in [2.45, 2.75) is 46.1 Å². The molecule has 0 amide bonds. The first-order chi connectivity index (χ1) is 14.4. The zero-order valence-corrected chi connectivity index (χ0v) is 18.9. The van der Waals surface area contributed by atoms with E-state index in [-0.39, 0.29) is 11.8 Å². The molecule has 0 bridgehead atoms. The van der Waals surface area contributed by atoms with Gasteiger partial charge in [-0.25, -0.2) is 13.4 Å². The summed E-state index contributed by atoms with van der Waals surface area (Å²) in [6.07, 6.45) is 1.80. The Hall–Kier alpha value is -2.38. The van der Waals surface area contributed by atoms with E-state index in [1.165, 1.54) is 6.26 Å². The molecule has 0 saturated heterocycles. The number of sulfone groups is 1. The normalized spacial score (nSPS) is 13.1. The van der Waals surface area contributed by atoms with Gasteiger partial charge in [-0.05, 0) is 37.0 Å². The van der Waals surface area contributed by atoms with E-state index < -0.39 is 9.84 Å². The van der Waals surface area contributed by atoms with Gasteiger partial charge in [0.1, 0.15) is 9.84 Å². The van der Waals surface area contributed by atoms with Gasteiger partial charge in [-0.2, -0.15) is 0 Å². The number of ether oxygens (including phenoxy) is 1. The van der Waals surface area contributed by atoms with Crippen molar-refractivity contribution >= 4 is 15.8 Å². The van der Waals surface area contributed by atoms with Crippen LogP contribution >= 0.6 is 0 Å². The van der Waals surface area contributed by atoms with Crippen molar-refractivity contribution < 1.29 is 13.2 Å². The molecule has 2 aromatic carbocycles. The van der Waals surface area contributed by atoms with Gasteiger partial charge in [0.05, 0.1) is 25.5 Å². The van der Waals surface area contributed by atoms with Gasteiger partial charge in [0.25, 0.3) is 0 Å². The van der Waals surface area contributed by atoms with Crippen molar-refractivity contribution in [3.05, 3.63) is 71.3 Å². The van der Waals surface area contributed by atoms with Gasteiger partial charge in [0, 0.05) is 18.8 Å². The van der Waals surface area contributed by atoms with E-state index in [1.807, 2.05) is 44.2 Å². The lowest BCUT2D eigenvalue weighted by molar-refractivity contribution is 0.107. The third-order valence-electron chi connectivity index (χ3n) is 4.44. The molecule has 0 heterocycles. The van der Waals surface area contributed by atoms with Crippen LogP contribution in [0, 0.1) is 0 Å². The Labute approximate surface area is 180 Å². The van der Waals surface area contributed by atoms with E-state index in [1.54, 1.807) is 0 Å². The van der Waals surface area contributed by atoms with Gasteiger partial charge in [-0.15, -0.1) is 0 Å². The van der Waals surface area contributed by atoms with Gasteiger partial charge in [0.15, 0.2) is 5.96 Å². The Morgan fingerprint density at radius 3 is 2.40 bits per heavy atom. The fraction of sp³-hybridized carbons (Fsp3) is 0.435. The molecule has 0 fully saturated rings. The van der Waals surface area contributed by atoms with Crippen LogP contribution in [0.3, 0.4) is 0 Å². The van der Waals surface area contributed by atoms with E-state index in [0.717, 1.165) is 23.2 Å². The lowest BCUT2D eigenvalue weighted by Crippen LogP contribution is -2.42. The van der Waals surface area contributed by atoms with Gasteiger partial charge >= 0.3 is 0 Å². The quantitative estimate of drug-likeness (QED) is 0.422. The van der Waals surface area contributed by atoms with Crippen molar-refractivity contribution in [1.82, 2.24) is 10.6 Å². The van der Waals surface area contributed by atoms with Crippen LogP contribution in [0.1, 0.15) is 37.0 Å². The van der Waals surface area contributed by atoms with Crippen LogP contribution in [0.25, 0.3) is 0 Å². The molecule has 0 aliphatic rings. The number of aliphatic imine (C=N–C) groups is 1. The van der Waals surface area contributed by atoms with Crippen LogP contribution in [0.2, 0.25) is 0 Å². The average Bonchev–Trinajstić information content (AvgIpc) is 2.71. The monoisotopic (exact) mass is 431 g/mol. The molecule has 7 heteroatoms. The first kappa shape index (κ1) is 23.9. The van der Waals surface area contributed by atoms with Crippen molar-refractivity contribution in [3.8, 4) is 0 Å². The molecule has 0 aliphatic carbocycles. The van der Waals surface area contributed by atoms with Gasteiger partial charge < -0.3 is 15.4 Å². The number of nitrogens with zero attached hydrogens (tertiary/aromatic N) is 1. The first-order valence-electron chi connectivity index (χ1n) is 10.3. The molecule has 1 atom stereocenters.